The molecule has 1 N–H and O–H groups in total. The molecule has 0 bridgehead atoms. The largest absolute Gasteiger partial charge is 0.490 e. The molecule has 7 heteroatoms. The second-order valence-corrected chi connectivity index (χ2v) is 5.18. The van der Waals surface area contributed by atoms with Crippen LogP contribution in [0.3, 0.4) is 0 Å². The second kappa shape index (κ2) is 10.8. The first-order valence-corrected chi connectivity index (χ1v) is 7.53. The van der Waals surface area contributed by atoms with Gasteiger partial charge in [0.15, 0.2) is 0 Å². The quantitative estimate of drug-likeness (QED) is 0.445. The molecule has 0 aromatic heterocycles. The Labute approximate surface area is 137 Å². The highest BCUT2D eigenvalue weighted by molar-refractivity contribution is 14.1. The molecule has 0 saturated carbocycles. The molecule has 1 aromatic rings. The van der Waals surface area contributed by atoms with Gasteiger partial charge in [0.25, 0.3) is 0 Å². The molecule has 0 saturated heterocycles. The Morgan fingerprint density at radius 1 is 1.10 bits per heavy atom. The lowest BCUT2D eigenvalue weighted by molar-refractivity contribution is 0.0179. The van der Waals surface area contributed by atoms with Gasteiger partial charge in [-0.15, -0.1) is 0 Å². The summed E-state index contributed by atoms with van der Waals surface area (Å²) in [5.74, 6) is -0.420. The lowest BCUT2D eigenvalue weighted by Crippen LogP contribution is -2.12. The van der Waals surface area contributed by atoms with Crippen LogP contribution in [-0.2, 0) is 14.2 Å². The summed E-state index contributed by atoms with van der Waals surface area (Å²) in [6.45, 7) is 2.89. The fourth-order valence-corrected chi connectivity index (χ4v) is 1.91. The van der Waals surface area contributed by atoms with Gasteiger partial charge in [-0.05, 0) is 40.8 Å². The highest BCUT2D eigenvalue weighted by atomic mass is 127. The number of methoxy groups -OCH3 is 1. The Bertz CT molecular complexity index is 437. The molecule has 1 aromatic carbocycles. The third kappa shape index (κ3) is 7.60. The van der Waals surface area contributed by atoms with E-state index in [2.05, 4.69) is 22.6 Å². The van der Waals surface area contributed by atoms with Crippen molar-refractivity contribution >= 4 is 28.6 Å². The van der Waals surface area contributed by atoms with E-state index < -0.39 is 5.97 Å². The number of aromatic carboxylic acids is 1. The van der Waals surface area contributed by atoms with Crippen molar-refractivity contribution in [3.05, 3.63) is 27.3 Å². The minimum absolute atomic E-state index is 0.206. The monoisotopic (exact) mass is 410 g/mol. The van der Waals surface area contributed by atoms with Gasteiger partial charge in [0.2, 0.25) is 0 Å². The molecule has 1 rings (SSSR count). The molecule has 0 spiro atoms. The van der Waals surface area contributed by atoms with E-state index in [-0.39, 0.29) is 5.56 Å². The number of benzene rings is 1. The van der Waals surface area contributed by atoms with Crippen molar-refractivity contribution in [2.45, 2.75) is 0 Å². The van der Waals surface area contributed by atoms with Crippen LogP contribution in [0.5, 0.6) is 5.75 Å². The number of carbonyl (C=O) groups is 1. The van der Waals surface area contributed by atoms with E-state index in [0.29, 0.717) is 45.4 Å². The standard InChI is InChI=1S/C14H19IO6/c1-18-4-5-19-6-7-20-8-9-21-13-10-11(14(16)17)2-3-12(13)15/h2-3,10H,4-9H2,1H3,(H,16,17). The smallest absolute Gasteiger partial charge is 0.335 e. The Morgan fingerprint density at radius 2 is 1.71 bits per heavy atom. The molecule has 118 valence electrons. The Morgan fingerprint density at radius 3 is 2.33 bits per heavy atom. The van der Waals surface area contributed by atoms with Crippen molar-refractivity contribution in [3.63, 3.8) is 0 Å². The van der Waals surface area contributed by atoms with Crippen LogP contribution < -0.4 is 4.74 Å². The van der Waals surface area contributed by atoms with Crippen molar-refractivity contribution in [1.29, 1.82) is 0 Å². The van der Waals surface area contributed by atoms with Crippen molar-refractivity contribution in [3.8, 4) is 5.75 Å². The van der Waals surface area contributed by atoms with Crippen molar-refractivity contribution in [2.24, 2.45) is 0 Å². The predicted octanol–water partition coefficient (Wildman–Crippen LogP) is 2.05. The molecule has 0 aliphatic rings. The Kier molecular flexibility index (Phi) is 9.31. The second-order valence-electron chi connectivity index (χ2n) is 4.02. The zero-order chi connectivity index (χ0) is 15.5. The normalized spacial score (nSPS) is 10.6. The van der Waals surface area contributed by atoms with E-state index in [1.807, 2.05) is 0 Å². The van der Waals surface area contributed by atoms with Crippen LogP contribution in [0.15, 0.2) is 18.2 Å². The molecule has 0 aliphatic heterocycles. The van der Waals surface area contributed by atoms with Gasteiger partial charge < -0.3 is 24.1 Å². The van der Waals surface area contributed by atoms with Crippen molar-refractivity contribution in [1.82, 2.24) is 0 Å². The molecule has 0 aliphatic carbocycles. The summed E-state index contributed by atoms with van der Waals surface area (Å²) >= 11 is 2.10. The summed E-state index contributed by atoms with van der Waals surface area (Å²) in [6, 6.07) is 4.77. The van der Waals surface area contributed by atoms with Gasteiger partial charge in [-0.3, -0.25) is 0 Å². The number of rotatable bonds is 11. The average molecular weight is 410 g/mol. The summed E-state index contributed by atoms with van der Waals surface area (Å²) in [5.41, 5.74) is 0.206. The highest BCUT2D eigenvalue weighted by Crippen LogP contribution is 2.22. The molecular formula is C14H19IO6. The zero-order valence-corrected chi connectivity index (χ0v) is 14.0. The Hall–Kier alpha value is -0.900. The van der Waals surface area contributed by atoms with Gasteiger partial charge in [-0.1, -0.05) is 0 Å². The maximum Gasteiger partial charge on any atom is 0.335 e. The maximum atomic E-state index is 10.9. The molecular weight excluding hydrogens is 391 g/mol. The minimum atomic E-state index is -0.972. The number of hydrogen-bond acceptors (Lipinski definition) is 5. The Balaban J connectivity index is 2.18. The van der Waals surface area contributed by atoms with Crippen molar-refractivity contribution in [2.75, 3.05) is 46.8 Å². The topological polar surface area (TPSA) is 74.2 Å². The summed E-state index contributed by atoms with van der Waals surface area (Å²) in [5, 5.41) is 8.92. The molecule has 0 radical (unpaired) electrons. The first-order valence-electron chi connectivity index (χ1n) is 6.45. The van der Waals surface area contributed by atoms with E-state index in [1.54, 1.807) is 19.2 Å². The van der Waals surface area contributed by atoms with Gasteiger partial charge >= 0.3 is 5.97 Å². The molecule has 6 nitrogen and oxygen atoms in total. The highest BCUT2D eigenvalue weighted by Gasteiger charge is 2.07. The molecule has 0 atom stereocenters. The zero-order valence-electron chi connectivity index (χ0n) is 11.8. The van der Waals surface area contributed by atoms with Crippen LogP contribution in [0.1, 0.15) is 10.4 Å². The third-order valence-corrected chi connectivity index (χ3v) is 3.36. The molecule has 0 fully saturated rings. The predicted molar refractivity (Wildman–Crippen MR) is 85.1 cm³/mol. The fourth-order valence-electron chi connectivity index (χ4n) is 1.42. The third-order valence-electron chi connectivity index (χ3n) is 2.47. The van der Waals surface area contributed by atoms with E-state index in [4.69, 9.17) is 24.1 Å². The fraction of sp³-hybridized carbons (Fsp3) is 0.500. The molecule has 0 unspecified atom stereocenters. The maximum absolute atomic E-state index is 10.9. The first kappa shape index (κ1) is 18.1. The SMILES string of the molecule is COCCOCCOCCOc1cc(C(=O)O)ccc1I. The number of carboxylic acids is 1. The van der Waals surface area contributed by atoms with Gasteiger partial charge in [0.05, 0.1) is 42.2 Å². The van der Waals surface area contributed by atoms with Gasteiger partial charge in [-0.25, -0.2) is 4.79 Å². The van der Waals surface area contributed by atoms with E-state index in [1.165, 1.54) is 6.07 Å². The summed E-state index contributed by atoms with van der Waals surface area (Å²) in [7, 11) is 1.62. The van der Waals surface area contributed by atoms with E-state index in [9.17, 15) is 4.79 Å². The van der Waals surface area contributed by atoms with Gasteiger partial charge in [0.1, 0.15) is 12.4 Å². The van der Waals surface area contributed by atoms with Gasteiger partial charge in [0, 0.05) is 7.11 Å². The lowest BCUT2D eigenvalue weighted by Gasteiger charge is -2.10. The van der Waals surface area contributed by atoms with Crippen LogP contribution in [0.25, 0.3) is 0 Å². The summed E-state index contributed by atoms with van der Waals surface area (Å²) < 4.78 is 21.8. The summed E-state index contributed by atoms with van der Waals surface area (Å²) in [4.78, 5) is 10.9. The van der Waals surface area contributed by atoms with Gasteiger partial charge in [-0.2, -0.15) is 0 Å². The van der Waals surface area contributed by atoms with E-state index >= 15 is 0 Å². The number of hydrogen-bond donors (Lipinski definition) is 1. The van der Waals surface area contributed by atoms with Crippen LogP contribution in [0, 0.1) is 3.57 Å². The first-order chi connectivity index (χ1) is 10.1. The van der Waals surface area contributed by atoms with Crippen molar-refractivity contribution < 1.29 is 28.8 Å². The van der Waals surface area contributed by atoms with Crippen LogP contribution in [0.2, 0.25) is 0 Å². The number of ether oxygens (including phenoxy) is 4. The van der Waals surface area contributed by atoms with Crippen LogP contribution >= 0.6 is 22.6 Å². The van der Waals surface area contributed by atoms with Crippen LogP contribution in [0.4, 0.5) is 0 Å². The van der Waals surface area contributed by atoms with E-state index in [0.717, 1.165) is 3.57 Å². The molecule has 21 heavy (non-hydrogen) atoms. The number of carboxylic acid groups (broad SMARTS) is 1. The minimum Gasteiger partial charge on any atom is -0.490 e. The number of halogens is 1. The average Bonchev–Trinajstić information content (AvgIpc) is 2.47. The molecule has 0 heterocycles. The molecule has 0 amide bonds. The summed E-state index contributed by atoms with van der Waals surface area (Å²) in [6.07, 6.45) is 0. The van der Waals surface area contributed by atoms with Crippen LogP contribution in [-0.4, -0.2) is 57.8 Å². The lowest BCUT2D eigenvalue weighted by atomic mass is 10.2.